The molecule has 0 saturated carbocycles. The van der Waals surface area contributed by atoms with Crippen molar-refractivity contribution in [3.05, 3.63) is 28.3 Å². The molecule has 2 rings (SSSR count). The molecule has 1 heterocycles. The van der Waals surface area contributed by atoms with Crippen LogP contribution in [0.15, 0.2) is 18.2 Å². The lowest BCUT2D eigenvalue weighted by atomic mass is 10.2. The van der Waals surface area contributed by atoms with Crippen LogP contribution in [0.1, 0.15) is 6.42 Å². The molecule has 1 aliphatic heterocycles. The summed E-state index contributed by atoms with van der Waals surface area (Å²) in [5.41, 5.74) is 1.11. The quantitative estimate of drug-likeness (QED) is 0.293. The summed E-state index contributed by atoms with van der Waals surface area (Å²) in [6, 6.07) is 4.96. The SMILES string of the molecule is CN1CCN(CCCNc2ccc(N(CCO)CCO)cc2[N+](=O)[O-])C1. The molecule has 0 radical (unpaired) electrons. The molecule has 0 bridgehead atoms. The minimum absolute atomic E-state index is 0.00397. The van der Waals surface area contributed by atoms with E-state index in [1.807, 2.05) is 0 Å². The van der Waals surface area contributed by atoms with Gasteiger partial charge in [-0.15, -0.1) is 0 Å². The van der Waals surface area contributed by atoms with Crippen LogP contribution in [0.3, 0.4) is 0 Å². The fourth-order valence-electron chi connectivity index (χ4n) is 3.13. The van der Waals surface area contributed by atoms with Gasteiger partial charge in [0, 0.05) is 51.0 Å². The molecule has 1 aromatic carbocycles. The van der Waals surface area contributed by atoms with Crippen LogP contribution in [0, 0.1) is 10.1 Å². The van der Waals surface area contributed by atoms with Crippen molar-refractivity contribution >= 4 is 17.1 Å². The second kappa shape index (κ2) is 10.3. The van der Waals surface area contributed by atoms with Gasteiger partial charge in [0.25, 0.3) is 5.69 Å². The molecule has 1 saturated heterocycles. The van der Waals surface area contributed by atoms with Gasteiger partial charge in [-0.25, -0.2) is 0 Å². The average molecular weight is 367 g/mol. The van der Waals surface area contributed by atoms with Crippen molar-refractivity contribution in [2.75, 3.05) is 76.4 Å². The van der Waals surface area contributed by atoms with E-state index >= 15 is 0 Å². The van der Waals surface area contributed by atoms with Crippen LogP contribution in [0.2, 0.25) is 0 Å². The van der Waals surface area contributed by atoms with Crippen molar-refractivity contribution < 1.29 is 15.1 Å². The fraction of sp³-hybridized carbons (Fsp3) is 0.647. The summed E-state index contributed by atoms with van der Waals surface area (Å²) in [7, 11) is 2.10. The molecule has 9 heteroatoms. The van der Waals surface area contributed by atoms with Crippen molar-refractivity contribution in [2.45, 2.75) is 6.42 Å². The third-order valence-corrected chi connectivity index (χ3v) is 4.49. The van der Waals surface area contributed by atoms with Crippen molar-refractivity contribution in [1.82, 2.24) is 9.80 Å². The number of anilines is 2. The summed E-state index contributed by atoms with van der Waals surface area (Å²) >= 11 is 0. The first-order valence-electron chi connectivity index (χ1n) is 8.95. The Morgan fingerprint density at radius 3 is 2.58 bits per heavy atom. The van der Waals surface area contributed by atoms with Gasteiger partial charge in [0.15, 0.2) is 0 Å². The Morgan fingerprint density at radius 1 is 1.27 bits per heavy atom. The van der Waals surface area contributed by atoms with E-state index in [1.54, 1.807) is 17.0 Å². The molecule has 0 amide bonds. The first kappa shape index (κ1) is 20.4. The molecule has 9 nitrogen and oxygen atoms in total. The molecule has 1 fully saturated rings. The predicted molar refractivity (Wildman–Crippen MR) is 102 cm³/mol. The topological polar surface area (TPSA) is 105 Å². The first-order chi connectivity index (χ1) is 12.5. The molecule has 0 aliphatic carbocycles. The first-order valence-corrected chi connectivity index (χ1v) is 8.95. The number of aliphatic hydroxyl groups is 2. The number of nitro groups is 1. The number of nitrogens with zero attached hydrogens (tertiary/aromatic N) is 4. The molecule has 0 atom stereocenters. The van der Waals surface area contributed by atoms with Gasteiger partial charge in [-0.2, -0.15) is 0 Å². The second-order valence-corrected chi connectivity index (χ2v) is 6.51. The summed E-state index contributed by atoms with van der Waals surface area (Å²) < 4.78 is 0. The lowest BCUT2D eigenvalue weighted by Gasteiger charge is -2.23. The summed E-state index contributed by atoms with van der Waals surface area (Å²) in [5.74, 6) is 0. The second-order valence-electron chi connectivity index (χ2n) is 6.51. The van der Waals surface area contributed by atoms with E-state index in [2.05, 4.69) is 22.2 Å². The Bertz CT molecular complexity index is 580. The van der Waals surface area contributed by atoms with Crippen LogP contribution < -0.4 is 10.2 Å². The maximum Gasteiger partial charge on any atom is 0.294 e. The molecule has 0 unspecified atom stereocenters. The Balaban J connectivity index is 1.95. The highest BCUT2D eigenvalue weighted by Gasteiger charge is 2.18. The van der Waals surface area contributed by atoms with Gasteiger partial charge in [0.2, 0.25) is 0 Å². The van der Waals surface area contributed by atoms with Gasteiger partial charge < -0.3 is 20.4 Å². The smallest absolute Gasteiger partial charge is 0.294 e. The van der Waals surface area contributed by atoms with Gasteiger partial charge in [-0.3, -0.25) is 19.9 Å². The van der Waals surface area contributed by atoms with Gasteiger partial charge in [0.05, 0.1) is 24.8 Å². The lowest BCUT2D eigenvalue weighted by Crippen LogP contribution is -2.29. The number of hydrogen-bond donors (Lipinski definition) is 3. The number of likely N-dealkylation sites (N-methyl/N-ethyl adjacent to an activating group) is 1. The number of hydrogen-bond acceptors (Lipinski definition) is 8. The lowest BCUT2D eigenvalue weighted by molar-refractivity contribution is -0.383. The molecule has 1 aromatic rings. The van der Waals surface area contributed by atoms with Crippen molar-refractivity contribution in [2.24, 2.45) is 0 Å². The van der Waals surface area contributed by atoms with Crippen LogP contribution in [0.25, 0.3) is 0 Å². The summed E-state index contributed by atoms with van der Waals surface area (Å²) in [5, 5.41) is 32.8. The molecule has 0 aromatic heterocycles. The standard InChI is InChI=1S/C17H29N5O4/c1-19-7-8-20(14-19)6-2-5-18-16-4-3-15(13-17(16)22(25)26)21(9-11-23)10-12-24/h3-4,13,18,23-24H,2,5-12,14H2,1H3. The van der Waals surface area contributed by atoms with Gasteiger partial charge in [-0.05, 0) is 25.6 Å². The molecule has 1 aliphatic rings. The van der Waals surface area contributed by atoms with Gasteiger partial charge in [-0.1, -0.05) is 0 Å². The number of rotatable bonds is 11. The van der Waals surface area contributed by atoms with Gasteiger partial charge in [0.1, 0.15) is 5.69 Å². The molecule has 0 spiro atoms. The Hall–Kier alpha value is -1.94. The summed E-state index contributed by atoms with van der Waals surface area (Å²) in [6.45, 7) is 5.21. The molecular weight excluding hydrogens is 338 g/mol. The maximum absolute atomic E-state index is 11.4. The predicted octanol–water partition coefficient (Wildman–Crippen LogP) is 0.393. The number of nitrogens with one attached hydrogen (secondary N) is 1. The van der Waals surface area contributed by atoms with E-state index in [1.165, 1.54) is 6.07 Å². The fourth-order valence-corrected chi connectivity index (χ4v) is 3.13. The van der Waals surface area contributed by atoms with E-state index in [0.29, 0.717) is 31.0 Å². The van der Waals surface area contributed by atoms with E-state index in [-0.39, 0.29) is 18.9 Å². The highest BCUT2D eigenvalue weighted by atomic mass is 16.6. The molecule has 3 N–H and O–H groups in total. The van der Waals surface area contributed by atoms with Crippen LogP contribution in [0.4, 0.5) is 17.1 Å². The van der Waals surface area contributed by atoms with E-state index in [9.17, 15) is 10.1 Å². The van der Waals surface area contributed by atoms with E-state index in [4.69, 9.17) is 10.2 Å². The highest BCUT2D eigenvalue weighted by Crippen LogP contribution is 2.29. The molecular formula is C17H29N5O4. The normalized spacial score (nSPS) is 15.3. The zero-order chi connectivity index (χ0) is 18.9. The van der Waals surface area contributed by atoms with E-state index < -0.39 is 4.92 Å². The monoisotopic (exact) mass is 367 g/mol. The van der Waals surface area contributed by atoms with Crippen LogP contribution in [0.5, 0.6) is 0 Å². The highest BCUT2D eigenvalue weighted by molar-refractivity contribution is 5.68. The number of nitro benzene ring substituents is 1. The largest absolute Gasteiger partial charge is 0.395 e. The van der Waals surface area contributed by atoms with Crippen molar-refractivity contribution in [3.8, 4) is 0 Å². The number of aliphatic hydroxyl groups excluding tert-OH is 2. The Kier molecular flexibility index (Phi) is 8.05. The Labute approximate surface area is 154 Å². The number of benzene rings is 1. The van der Waals surface area contributed by atoms with Crippen molar-refractivity contribution in [1.29, 1.82) is 0 Å². The zero-order valence-electron chi connectivity index (χ0n) is 15.3. The third-order valence-electron chi connectivity index (χ3n) is 4.49. The minimum Gasteiger partial charge on any atom is -0.395 e. The molecule has 146 valence electrons. The minimum atomic E-state index is -0.405. The molecule has 26 heavy (non-hydrogen) atoms. The average Bonchev–Trinajstić information content (AvgIpc) is 3.04. The summed E-state index contributed by atoms with van der Waals surface area (Å²) in [6.07, 6.45) is 0.911. The van der Waals surface area contributed by atoms with Crippen molar-refractivity contribution in [3.63, 3.8) is 0 Å². The van der Waals surface area contributed by atoms with Crippen LogP contribution in [-0.2, 0) is 0 Å². The van der Waals surface area contributed by atoms with Crippen LogP contribution >= 0.6 is 0 Å². The Morgan fingerprint density at radius 2 is 2.00 bits per heavy atom. The zero-order valence-corrected chi connectivity index (χ0v) is 15.3. The maximum atomic E-state index is 11.4. The van der Waals surface area contributed by atoms with Gasteiger partial charge >= 0.3 is 0 Å². The van der Waals surface area contributed by atoms with E-state index in [0.717, 1.165) is 32.7 Å². The summed E-state index contributed by atoms with van der Waals surface area (Å²) in [4.78, 5) is 17.4. The third kappa shape index (κ3) is 5.80. The van der Waals surface area contributed by atoms with Crippen LogP contribution in [-0.4, -0.2) is 91.1 Å².